The molecule has 1 fully saturated rings. The summed E-state index contributed by atoms with van der Waals surface area (Å²) >= 11 is 0. The largest absolute Gasteiger partial charge is 0.454 e. The number of rotatable bonds is 7. The zero-order valence-corrected chi connectivity index (χ0v) is 15.6. The lowest BCUT2D eigenvalue weighted by atomic mass is 10.1. The third-order valence-electron chi connectivity index (χ3n) is 4.64. The second kappa shape index (κ2) is 7.79. The highest BCUT2D eigenvalue weighted by Gasteiger charge is 2.41. The maximum absolute atomic E-state index is 12.4. The maximum Gasteiger partial charge on any atom is 0.329 e. The fraction of sp³-hybridized carbons (Fsp3) is 0.421. The predicted molar refractivity (Wildman–Crippen MR) is 96.2 cm³/mol. The topological polar surface area (TPSA) is 113 Å². The lowest BCUT2D eigenvalue weighted by molar-refractivity contribution is -0.154. The molecule has 0 saturated heterocycles. The van der Waals surface area contributed by atoms with E-state index >= 15 is 0 Å². The molecule has 1 aliphatic carbocycles. The van der Waals surface area contributed by atoms with Gasteiger partial charge in [0.05, 0.1) is 17.7 Å². The van der Waals surface area contributed by atoms with Gasteiger partial charge in [0.1, 0.15) is 6.04 Å². The summed E-state index contributed by atoms with van der Waals surface area (Å²) in [6.45, 7) is 0.641. The SMILES string of the molecule is C[C@H](C(=O)OCC(=O)N(C)CC(=O)NC1CC1)N1C(=O)c2ccccc2C1=O. The molecular formula is C19H21N3O6. The number of carbonyl (C=O) groups is 5. The van der Waals surface area contributed by atoms with Gasteiger partial charge in [-0.25, -0.2) is 4.79 Å². The van der Waals surface area contributed by atoms with Gasteiger partial charge >= 0.3 is 5.97 Å². The molecule has 9 heteroatoms. The number of amides is 4. The van der Waals surface area contributed by atoms with E-state index in [1.165, 1.54) is 26.1 Å². The number of carbonyl (C=O) groups excluding carboxylic acids is 5. The Bertz CT molecular complexity index is 813. The number of likely N-dealkylation sites (N-methyl/N-ethyl adjacent to an activating group) is 1. The molecule has 148 valence electrons. The number of nitrogens with zero attached hydrogens (tertiary/aromatic N) is 2. The van der Waals surface area contributed by atoms with E-state index in [-0.39, 0.29) is 29.6 Å². The van der Waals surface area contributed by atoms with Crippen molar-refractivity contribution in [1.82, 2.24) is 15.1 Å². The molecule has 0 aromatic heterocycles. The Labute approximate surface area is 161 Å². The van der Waals surface area contributed by atoms with Gasteiger partial charge in [0.15, 0.2) is 6.61 Å². The number of benzene rings is 1. The van der Waals surface area contributed by atoms with E-state index in [9.17, 15) is 24.0 Å². The van der Waals surface area contributed by atoms with Crippen LogP contribution in [0, 0.1) is 0 Å². The highest BCUT2D eigenvalue weighted by molar-refractivity contribution is 6.22. The summed E-state index contributed by atoms with van der Waals surface area (Å²) in [6.07, 6.45) is 1.88. The van der Waals surface area contributed by atoms with E-state index in [4.69, 9.17) is 4.74 Å². The fourth-order valence-electron chi connectivity index (χ4n) is 2.83. The second-order valence-corrected chi connectivity index (χ2v) is 6.90. The van der Waals surface area contributed by atoms with Crippen molar-refractivity contribution in [3.05, 3.63) is 35.4 Å². The first-order chi connectivity index (χ1) is 13.3. The summed E-state index contributed by atoms with van der Waals surface area (Å²) in [6, 6.07) is 5.30. The van der Waals surface area contributed by atoms with Gasteiger partial charge in [0.25, 0.3) is 17.7 Å². The molecular weight excluding hydrogens is 366 g/mol. The first-order valence-corrected chi connectivity index (χ1v) is 8.96. The van der Waals surface area contributed by atoms with E-state index in [1.807, 2.05) is 0 Å². The normalized spacial score (nSPS) is 16.4. The Morgan fingerprint density at radius 1 is 1.18 bits per heavy atom. The molecule has 1 aromatic rings. The monoisotopic (exact) mass is 387 g/mol. The van der Waals surface area contributed by atoms with Gasteiger partial charge in [-0.15, -0.1) is 0 Å². The number of esters is 1. The van der Waals surface area contributed by atoms with Crippen LogP contribution >= 0.6 is 0 Å². The summed E-state index contributed by atoms with van der Waals surface area (Å²) in [5.41, 5.74) is 0.453. The molecule has 0 spiro atoms. The molecule has 1 aromatic carbocycles. The summed E-state index contributed by atoms with van der Waals surface area (Å²) in [7, 11) is 1.43. The predicted octanol–water partition coefficient (Wildman–Crippen LogP) is -0.0487. The van der Waals surface area contributed by atoms with Gasteiger partial charge in [-0.05, 0) is 31.9 Å². The zero-order valence-electron chi connectivity index (χ0n) is 15.6. The lowest BCUT2D eigenvalue weighted by Gasteiger charge is -2.22. The van der Waals surface area contributed by atoms with Gasteiger partial charge in [0.2, 0.25) is 5.91 Å². The van der Waals surface area contributed by atoms with Crippen LogP contribution in [0.1, 0.15) is 40.5 Å². The van der Waals surface area contributed by atoms with Crippen molar-refractivity contribution < 1.29 is 28.7 Å². The van der Waals surface area contributed by atoms with Crippen molar-refractivity contribution in [2.45, 2.75) is 31.8 Å². The third kappa shape index (κ3) is 4.03. The summed E-state index contributed by atoms with van der Waals surface area (Å²) < 4.78 is 4.96. The van der Waals surface area contributed by atoms with Crippen LogP contribution in [0.15, 0.2) is 24.3 Å². The summed E-state index contributed by atoms with van der Waals surface area (Å²) in [4.78, 5) is 62.8. The third-order valence-corrected chi connectivity index (χ3v) is 4.64. The van der Waals surface area contributed by atoms with Gasteiger partial charge < -0.3 is 15.0 Å². The van der Waals surface area contributed by atoms with E-state index in [2.05, 4.69) is 5.32 Å². The number of hydrogen-bond acceptors (Lipinski definition) is 6. The molecule has 1 saturated carbocycles. The highest BCUT2D eigenvalue weighted by atomic mass is 16.5. The number of nitrogens with one attached hydrogen (secondary N) is 1. The maximum atomic E-state index is 12.4. The minimum atomic E-state index is -1.18. The van der Waals surface area contributed by atoms with Gasteiger partial charge in [-0.2, -0.15) is 0 Å². The lowest BCUT2D eigenvalue weighted by Crippen LogP contribution is -2.45. The van der Waals surface area contributed by atoms with Crippen LogP contribution in [0.25, 0.3) is 0 Å². The summed E-state index contributed by atoms with van der Waals surface area (Å²) in [5, 5.41) is 2.76. The molecule has 1 N–H and O–H groups in total. The molecule has 1 atom stereocenters. The Morgan fingerprint density at radius 2 is 1.75 bits per heavy atom. The number of imide groups is 1. The second-order valence-electron chi connectivity index (χ2n) is 6.90. The molecule has 1 aliphatic heterocycles. The standard InChI is InChI=1S/C19H21N3O6/c1-11(22-17(25)13-5-3-4-6-14(13)18(22)26)19(27)28-10-16(24)21(2)9-15(23)20-12-7-8-12/h3-6,11-12H,7-10H2,1-2H3,(H,20,23)/t11-/m1/s1. The Hall–Kier alpha value is -3.23. The fourth-order valence-corrected chi connectivity index (χ4v) is 2.83. The first kappa shape index (κ1) is 19.5. The highest BCUT2D eigenvalue weighted by Crippen LogP contribution is 2.24. The van der Waals surface area contributed by atoms with Crippen molar-refractivity contribution in [3.63, 3.8) is 0 Å². The van der Waals surface area contributed by atoms with Crippen LogP contribution in [-0.4, -0.2) is 71.7 Å². The Morgan fingerprint density at radius 3 is 2.29 bits per heavy atom. The first-order valence-electron chi connectivity index (χ1n) is 8.96. The van der Waals surface area contributed by atoms with Crippen molar-refractivity contribution in [1.29, 1.82) is 0 Å². The summed E-state index contributed by atoms with van der Waals surface area (Å²) in [5.74, 6) is -2.87. The van der Waals surface area contributed by atoms with Crippen LogP contribution in [0.4, 0.5) is 0 Å². The van der Waals surface area contributed by atoms with Gasteiger partial charge in [0, 0.05) is 13.1 Å². The smallest absolute Gasteiger partial charge is 0.329 e. The minimum Gasteiger partial charge on any atom is -0.454 e. The van der Waals surface area contributed by atoms with Crippen molar-refractivity contribution in [2.75, 3.05) is 20.2 Å². The molecule has 0 unspecified atom stereocenters. The average Bonchev–Trinajstić information content (AvgIpc) is 3.44. The molecule has 4 amide bonds. The molecule has 0 radical (unpaired) electrons. The van der Waals surface area contributed by atoms with Crippen LogP contribution < -0.4 is 5.32 Å². The van der Waals surface area contributed by atoms with E-state index in [0.717, 1.165) is 22.6 Å². The quantitative estimate of drug-likeness (QED) is 0.519. The number of fused-ring (bicyclic) bond motifs is 1. The molecule has 0 bridgehead atoms. The molecule has 9 nitrogen and oxygen atoms in total. The molecule has 3 rings (SSSR count). The van der Waals surface area contributed by atoms with E-state index in [1.54, 1.807) is 12.1 Å². The average molecular weight is 387 g/mol. The zero-order chi connectivity index (χ0) is 20.4. The van der Waals surface area contributed by atoms with Crippen molar-refractivity contribution in [2.24, 2.45) is 0 Å². The minimum absolute atomic E-state index is 0.138. The number of hydrogen-bond donors (Lipinski definition) is 1. The van der Waals surface area contributed by atoms with Crippen molar-refractivity contribution in [3.8, 4) is 0 Å². The van der Waals surface area contributed by atoms with E-state index < -0.39 is 36.3 Å². The van der Waals surface area contributed by atoms with Crippen LogP contribution in [0.2, 0.25) is 0 Å². The van der Waals surface area contributed by atoms with Crippen LogP contribution in [0.3, 0.4) is 0 Å². The van der Waals surface area contributed by atoms with Crippen molar-refractivity contribution >= 4 is 29.6 Å². The number of ether oxygens (including phenoxy) is 1. The molecule has 1 heterocycles. The van der Waals surface area contributed by atoms with Crippen LogP contribution in [-0.2, 0) is 19.1 Å². The Kier molecular flexibility index (Phi) is 5.43. The molecule has 28 heavy (non-hydrogen) atoms. The van der Waals surface area contributed by atoms with Gasteiger partial charge in [-0.1, -0.05) is 12.1 Å². The Balaban J connectivity index is 1.51. The van der Waals surface area contributed by atoms with E-state index in [0.29, 0.717) is 0 Å². The van der Waals surface area contributed by atoms with Crippen LogP contribution in [0.5, 0.6) is 0 Å². The molecule has 2 aliphatic rings. The van der Waals surface area contributed by atoms with Gasteiger partial charge in [-0.3, -0.25) is 24.1 Å².